The van der Waals surface area contributed by atoms with Crippen LogP contribution in [0.15, 0.2) is 6.20 Å². The van der Waals surface area contributed by atoms with Gasteiger partial charge in [0.2, 0.25) is 17.7 Å². The van der Waals surface area contributed by atoms with E-state index in [1.165, 1.54) is 32.1 Å². The molecule has 25 nitrogen and oxygen atoms in total. The molecule has 0 saturated heterocycles. The Hall–Kier alpha value is -3.42. The Kier molecular flexibility index (Phi) is 64.3. The Balaban J connectivity index is 0. The molecule has 1 aromatic heterocycles. The molecule has 1 rings (SSSR count). The number of aromatic nitrogens is 3. The molecule has 1 aromatic rings. The molecule has 0 saturated carbocycles. The van der Waals surface area contributed by atoms with Crippen molar-refractivity contribution in [2.75, 3.05) is 165 Å². The summed E-state index contributed by atoms with van der Waals surface area (Å²) in [6, 6.07) is -1.92. The van der Waals surface area contributed by atoms with Crippen molar-refractivity contribution in [1.29, 1.82) is 0 Å². The predicted octanol–water partition coefficient (Wildman–Crippen LogP) is 8.25. The van der Waals surface area contributed by atoms with E-state index in [-0.39, 0.29) is 112 Å². The summed E-state index contributed by atoms with van der Waals surface area (Å²) >= 11 is 0. The number of hydrogen-bond donors (Lipinski definition) is 4. The molecule has 0 aromatic carbocycles. The molecule has 3 amide bonds. The normalized spacial score (nSPS) is 12.2. The van der Waals surface area contributed by atoms with Crippen LogP contribution in [0.25, 0.3) is 0 Å². The van der Waals surface area contributed by atoms with E-state index < -0.39 is 18.1 Å². The second-order valence-corrected chi connectivity index (χ2v) is 25.4. The van der Waals surface area contributed by atoms with E-state index in [9.17, 15) is 33.9 Å². The van der Waals surface area contributed by atoms with Gasteiger partial charge in [-0.1, -0.05) is 124 Å². The lowest BCUT2D eigenvalue weighted by Gasteiger charge is -2.18. The molecule has 0 unspecified atom stereocenters. The van der Waals surface area contributed by atoms with Gasteiger partial charge in [-0.25, -0.2) is 4.79 Å². The maximum Gasteiger partial charge on any atom is 0.326 e. The van der Waals surface area contributed by atoms with Crippen LogP contribution in [0.4, 0.5) is 0 Å². The second-order valence-electron chi connectivity index (χ2n) is 25.4. The molecule has 0 aliphatic heterocycles. The van der Waals surface area contributed by atoms with Crippen LogP contribution in [0, 0.1) is 10.8 Å². The molecule has 0 radical (unpaired) electrons. The van der Waals surface area contributed by atoms with E-state index in [0.29, 0.717) is 203 Å². The molecule has 0 aliphatic rings. The van der Waals surface area contributed by atoms with Crippen molar-refractivity contribution in [3.63, 3.8) is 0 Å². The first-order valence-electron chi connectivity index (χ1n) is 34.9. The maximum atomic E-state index is 13.4. The number of aliphatic carboxylic acids is 1. The van der Waals surface area contributed by atoms with E-state index in [1.807, 2.05) is 31.6 Å². The number of Topliss-reactive ketones (excluding diaryl/α,β-unsaturated/α-hetero) is 2. The summed E-state index contributed by atoms with van der Waals surface area (Å²) in [5, 5.41) is 26.6. The van der Waals surface area contributed by atoms with Gasteiger partial charge in [-0.05, 0) is 43.9 Å². The standard InChI is InChI=1S/C68H126N6O19.2H2S/c1-8-9-10-11-12-13-14-15-19-24-63(77)71-61(66(80)81)27-26-59(75)22-17-16-18-23-60(70-64(78)28-25-58-57-74(73-72-58)32-21-20-30-67(2,3)4)65(79)69-31-34-83-36-38-85-40-42-87-44-46-89-48-50-91-52-54-93-56-55-92-53-51-90-49-47-88-45-43-86-41-39-84-37-35-82-33-29-62(76)68(5,6)7;;/h57,60-61H,8-56H2,1-7H3,(H,69,79)(H,70,78)(H,71,77)(H,80,81);2*1H2/t60-,61-;;/m0../s1. The Morgan fingerprint density at radius 2 is 0.853 bits per heavy atom. The predicted molar refractivity (Wildman–Crippen MR) is 375 cm³/mol. The average Bonchev–Trinajstić information content (AvgIpc) is 2.09. The highest BCUT2D eigenvalue weighted by atomic mass is 32.1. The molecule has 27 heteroatoms. The summed E-state index contributed by atoms with van der Waals surface area (Å²) in [4.78, 5) is 75.7. The van der Waals surface area contributed by atoms with Crippen LogP contribution in [0.3, 0.4) is 0 Å². The molecule has 4 N–H and O–H groups in total. The highest BCUT2D eigenvalue weighted by molar-refractivity contribution is 7.59. The van der Waals surface area contributed by atoms with Crippen molar-refractivity contribution in [3.8, 4) is 0 Å². The highest BCUT2D eigenvalue weighted by Gasteiger charge is 2.23. The number of hydrogen-bond acceptors (Lipinski definition) is 20. The number of nitrogens with one attached hydrogen (secondary N) is 3. The van der Waals surface area contributed by atoms with Crippen LogP contribution >= 0.6 is 27.0 Å². The number of ketones is 2. The van der Waals surface area contributed by atoms with E-state index in [2.05, 4.69) is 54.0 Å². The largest absolute Gasteiger partial charge is 0.480 e. The number of carboxylic acid groups (broad SMARTS) is 1. The van der Waals surface area contributed by atoms with E-state index in [0.717, 1.165) is 45.1 Å². The molecule has 0 spiro atoms. The fraction of sp³-hybridized carbons (Fsp3) is 0.882. The number of aryl methyl sites for hydroxylation is 2. The number of amides is 3. The minimum atomic E-state index is -1.15. The van der Waals surface area contributed by atoms with Crippen LogP contribution in [0.5, 0.6) is 0 Å². The van der Waals surface area contributed by atoms with E-state index in [1.54, 1.807) is 0 Å². The van der Waals surface area contributed by atoms with Crippen molar-refractivity contribution in [3.05, 3.63) is 11.9 Å². The first-order chi connectivity index (χ1) is 44.9. The van der Waals surface area contributed by atoms with Crippen LogP contribution in [-0.2, 0) is 98.6 Å². The molecule has 0 bridgehead atoms. The molecule has 558 valence electrons. The van der Waals surface area contributed by atoms with E-state index >= 15 is 0 Å². The summed E-state index contributed by atoms with van der Waals surface area (Å²) < 4.78 is 68.3. The third kappa shape index (κ3) is 62.6. The van der Waals surface area contributed by atoms with Gasteiger partial charge in [0.05, 0.1) is 164 Å². The number of ether oxygens (including phenoxy) is 12. The number of rotatable bonds is 69. The van der Waals surface area contributed by atoms with Gasteiger partial charge >= 0.3 is 5.97 Å². The van der Waals surface area contributed by atoms with Crippen molar-refractivity contribution in [2.24, 2.45) is 10.8 Å². The topological polar surface area (TPSA) is 300 Å². The third-order valence-electron chi connectivity index (χ3n) is 14.7. The Morgan fingerprint density at radius 1 is 0.453 bits per heavy atom. The molecule has 1 heterocycles. The van der Waals surface area contributed by atoms with Gasteiger partial charge < -0.3 is 77.9 Å². The lowest BCUT2D eigenvalue weighted by atomic mass is 9.89. The van der Waals surface area contributed by atoms with E-state index in [4.69, 9.17) is 56.8 Å². The van der Waals surface area contributed by atoms with Gasteiger partial charge in [-0.3, -0.25) is 28.7 Å². The zero-order valence-electron chi connectivity index (χ0n) is 59.5. The van der Waals surface area contributed by atoms with Crippen molar-refractivity contribution in [2.45, 2.75) is 215 Å². The zero-order chi connectivity index (χ0) is 68.1. The van der Waals surface area contributed by atoms with Crippen LogP contribution < -0.4 is 16.0 Å². The first kappa shape index (κ1) is 93.6. The number of nitrogens with zero attached hydrogens (tertiary/aromatic N) is 3. The maximum absolute atomic E-state index is 13.4. The lowest BCUT2D eigenvalue weighted by Crippen LogP contribution is -2.47. The van der Waals surface area contributed by atoms with Gasteiger partial charge in [-0.15, -0.1) is 5.10 Å². The van der Waals surface area contributed by atoms with Gasteiger partial charge in [0.25, 0.3) is 0 Å². The van der Waals surface area contributed by atoms with Crippen LogP contribution in [0.1, 0.15) is 195 Å². The summed E-state index contributed by atoms with van der Waals surface area (Å²) in [5.74, 6) is -1.98. The van der Waals surface area contributed by atoms with Crippen molar-refractivity contribution < 1.29 is 90.7 Å². The molecule has 0 aliphatic carbocycles. The van der Waals surface area contributed by atoms with Gasteiger partial charge in [0.15, 0.2) is 0 Å². The SMILES string of the molecule is CCCCCCCCCCCC(=O)N[C@@H](CCC(=O)CCCCC[C@H](NC(=O)CCc1cn(CCCCC(C)(C)C)nn1)C(=O)NCCOCCOCCOCCOCCOCCOCCOCCOCCOCCOCCOCCOCCC(=O)C(C)(C)C)C(=O)O.S.S. The zero-order valence-corrected chi connectivity index (χ0v) is 61.5. The third-order valence-corrected chi connectivity index (χ3v) is 14.7. The van der Waals surface area contributed by atoms with Crippen molar-refractivity contribution in [1.82, 2.24) is 30.9 Å². The van der Waals surface area contributed by atoms with Gasteiger partial charge in [-0.2, -0.15) is 27.0 Å². The van der Waals surface area contributed by atoms with Crippen LogP contribution in [0.2, 0.25) is 0 Å². The lowest BCUT2D eigenvalue weighted by molar-refractivity contribution is -0.142. The number of carbonyl (C=O) groups is 6. The monoisotopic (exact) mass is 1400 g/mol. The smallest absolute Gasteiger partial charge is 0.326 e. The van der Waals surface area contributed by atoms with Gasteiger partial charge in [0, 0.05) is 63.2 Å². The summed E-state index contributed by atoms with van der Waals surface area (Å²) in [6.45, 7) is 25.9. The molecule has 2 atom stereocenters. The fourth-order valence-electron chi connectivity index (χ4n) is 9.10. The average molecular weight is 1400 g/mol. The molecule has 0 fully saturated rings. The van der Waals surface area contributed by atoms with Crippen LogP contribution in [-0.4, -0.2) is 233 Å². The molecule has 95 heavy (non-hydrogen) atoms. The quantitative estimate of drug-likeness (QED) is 0.0446. The Bertz CT molecular complexity index is 2000. The minimum Gasteiger partial charge on any atom is -0.480 e. The molecular weight excluding hydrogens is 1270 g/mol. The Morgan fingerprint density at radius 3 is 1.29 bits per heavy atom. The highest BCUT2D eigenvalue weighted by Crippen LogP contribution is 2.22. The summed E-state index contributed by atoms with van der Waals surface area (Å²) in [7, 11) is 0. The van der Waals surface area contributed by atoms with Gasteiger partial charge in [0.1, 0.15) is 23.7 Å². The summed E-state index contributed by atoms with van der Waals surface area (Å²) in [5.41, 5.74) is 0.644. The second kappa shape index (κ2) is 65.2. The first-order valence-corrected chi connectivity index (χ1v) is 34.9. The summed E-state index contributed by atoms with van der Waals surface area (Å²) in [6.07, 6.45) is 18.7. The number of unbranched alkanes of at least 4 members (excludes halogenated alkanes) is 11. The molecular formula is C68H130N6O19S2. The van der Waals surface area contributed by atoms with Crippen molar-refractivity contribution >= 4 is 62.2 Å². The minimum absolute atomic E-state index is 0. The Labute approximate surface area is 583 Å². The number of carboxylic acids is 1. The fourth-order valence-corrected chi connectivity index (χ4v) is 9.10. The number of carbonyl (C=O) groups excluding carboxylic acids is 5.